The summed E-state index contributed by atoms with van der Waals surface area (Å²) in [6.45, 7) is 11.9. The fourth-order valence-electron chi connectivity index (χ4n) is 1.60. The largest absolute Gasteiger partial charge is 0.464 e. The van der Waals surface area contributed by atoms with Gasteiger partial charge in [0.05, 0.1) is 13.0 Å². The summed E-state index contributed by atoms with van der Waals surface area (Å²) in [6, 6.07) is 0. The summed E-state index contributed by atoms with van der Waals surface area (Å²) >= 11 is 0. The number of rotatable bonds is 12. The van der Waals surface area contributed by atoms with E-state index in [1.54, 1.807) is 0 Å². The van der Waals surface area contributed by atoms with E-state index in [4.69, 9.17) is 14.2 Å². The minimum absolute atomic E-state index is 0.00366. The maximum absolute atomic E-state index is 11.5. The van der Waals surface area contributed by atoms with Crippen molar-refractivity contribution in [1.82, 2.24) is 10.2 Å². The van der Waals surface area contributed by atoms with Crippen molar-refractivity contribution in [2.24, 2.45) is 0 Å². The Morgan fingerprint density at radius 2 is 1.67 bits per heavy atom. The highest BCUT2D eigenvalue weighted by Gasteiger charge is 2.08. The lowest BCUT2D eigenvalue weighted by Crippen LogP contribution is -2.30. The van der Waals surface area contributed by atoms with E-state index in [1.165, 1.54) is 6.92 Å². The molecule has 0 aliphatic heterocycles. The van der Waals surface area contributed by atoms with E-state index < -0.39 is 18.0 Å². The fraction of sp³-hybridized carbons (Fsp3) is 0.688. The number of esters is 2. The van der Waals surface area contributed by atoms with Gasteiger partial charge in [-0.1, -0.05) is 20.4 Å². The Morgan fingerprint density at radius 1 is 1.00 bits per heavy atom. The van der Waals surface area contributed by atoms with E-state index in [0.29, 0.717) is 13.2 Å². The van der Waals surface area contributed by atoms with E-state index in [2.05, 4.69) is 16.8 Å². The summed E-state index contributed by atoms with van der Waals surface area (Å²) in [7, 11) is 0. The second kappa shape index (κ2) is 13.4. The van der Waals surface area contributed by atoms with Gasteiger partial charge in [0.25, 0.3) is 0 Å². The van der Waals surface area contributed by atoms with Crippen LogP contribution in [0.5, 0.6) is 0 Å². The molecule has 0 aromatic carbocycles. The zero-order valence-corrected chi connectivity index (χ0v) is 14.8. The van der Waals surface area contributed by atoms with Crippen LogP contribution in [0.3, 0.4) is 0 Å². The smallest absolute Gasteiger partial charge is 0.407 e. The number of likely N-dealkylation sites (N-methyl/N-ethyl adjacent to an activating group) is 1. The molecule has 1 N–H and O–H groups in total. The standard InChI is InChI=1S/C16H28N2O6/c1-5-18(6-2)9-12-22-14(19)7-10-24-16(21)17-8-11-23-15(20)13(3)4/h3,5-12H2,1-2,4H3,(H,17,21). The number of hydrogen-bond donors (Lipinski definition) is 1. The Morgan fingerprint density at radius 3 is 2.25 bits per heavy atom. The predicted octanol–water partition coefficient (Wildman–Crippen LogP) is 1.11. The molecule has 0 bridgehead atoms. The van der Waals surface area contributed by atoms with Crippen molar-refractivity contribution in [2.75, 3.05) is 46.0 Å². The van der Waals surface area contributed by atoms with Crippen molar-refractivity contribution < 1.29 is 28.6 Å². The molecule has 8 nitrogen and oxygen atoms in total. The van der Waals surface area contributed by atoms with Crippen LogP contribution in [0.25, 0.3) is 0 Å². The summed E-state index contributed by atoms with van der Waals surface area (Å²) in [4.78, 5) is 36.0. The third kappa shape index (κ3) is 11.5. The van der Waals surface area contributed by atoms with Crippen molar-refractivity contribution in [2.45, 2.75) is 27.2 Å². The van der Waals surface area contributed by atoms with Gasteiger partial charge in [0, 0.05) is 12.1 Å². The molecule has 8 heteroatoms. The van der Waals surface area contributed by atoms with Gasteiger partial charge in [-0.3, -0.25) is 4.79 Å². The van der Waals surface area contributed by atoms with E-state index in [1.807, 2.05) is 13.8 Å². The molecule has 0 atom stereocenters. The SMILES string of the molecule is C=C(C)C(=O)OCCNC(=O)OCCC(=O)OCCN(CC)CC. The highest BCUT2D eigenvalue weighted by atomic mass is 16.6. The highest BCUT2D eigenvalue weighted by molar-refractivity contribution is 5.86. The van der Waals surface area contributed by atoms with Gasteiger partial charge in [-0.05, 0) is 20.0 Å². The summed E-state index contributed by atoms with van der Waals surface area (Å²) in [5.74, 6) is -0.928. The first-order valence-corrected chi connectivity index (χ1v) is 8.01. The second-order valence-corrected chi connectivity index (χ2v) is 4.98. The molecular weight excluding hydrogens is 316 g/mol. The number of alkyl carbamates (subject to hydrolysis) is 1. The van der Waals surface area contributed by atoms with Gasteiger partial charge in [-0.15, -0.1) is 0 Å². The van der Waals surface area contributed by atoms with Crippen molar-refractivity contribution in [3.8, 4) is 0 Å². The molecule has 0 rings (SSSR count). The van der Waals surface area contributed by atoms with Gasteiger partial charge in [0.15, 0.2) is 0 Å². The lowest BCUT2D eigenvalue weighted by molar-refractivity contribution is -0.145. The summed E-state index contributed by atoms with van der Waals surface area (Å²) < 4.78 is 14.7. The maximum Gasteiger partial charge on any atom is 0.407 e. The van der Waals surface area contributed by atoms with Gasteiger partial charge in [0.2, 0.25) is 0 Å². The number of nitrogens with zero attached hydrogens (tertiary/aromatic N) is 1. The van der Waals surface area contributed by atoms with E-state index in [-0.39, 0.29) is 31.8 Å². The molecule has 0 aromatic heterocycles. The molecule has 24 heavy (non-hydrogen) atoms. The first-order valence-electron chi connectivity index (χ1n) is 8.01. The minimum atomic E-state index is -0.683. The summed E-state index contributed by atoms with van der Waals surface area (Å²) in [5.41, 5.74) is 0.289. The number of carbonyl (C=O) groups excluding carboxylic acids is 3. The van der Waals surface area contributed by atoms with Crippen molar-refractivity contribution in [1.29, 1.82) is 0 Å². The molecule has 0 aliphatic carbocycles. The van der Waals surface area contributed by atoms with Crippen molar-refractivity contribution in [3.05, 3.63) is 12.2 Å². The molecular formula is C16H28N2O6. The van der Waals surface area contributed by atoms with Crippen LogP contribution in [0.4, 0.5) is 4.79 Å². The van der Waals surface area contributed by atoms with Gasteiger partial charge in [0.1, 0.15) is 19.8 Å². The summed E-state index contributed by atoms with van der Waals surface area (Å²) in [6.07, 6.45) is -0.687. The maximum atomic E-state index is 11.5. The van der Waals surface area contributed by atoms with Gasteiger partial charge < -0.3 is 24.4 Å². The van der Waals surface area contributed by atoms with Gasteiger partial charge >= 0.3 is 18.0 Å². The fourth-order valence-corrected chi connectivity index (χ4v) is 1.60. The zero-order chi connectivity index (χ0) is 18.4. The lowest BCUT2D eigenvalue weighted by atomic mass is 10.4. The normalized spacial score (nSPS) is 10.2. The van der Waals surface area contributed by atoms with Crippen LogP contribution in [-0.2, 0) is 23.8 Å². The molecule has 0 saturated carbocycles. The number of hydrogen-bond acceptors (Lipinski definition) is 7. The Balaban J connectivity index is 3.61. The Labute approximate surface area is 143 Å². The van der Waals surface area contributed by atoms with Crippen LogP contribution in [0.15, 0.2) is 12.2 Å². The molecule has 0 aliphatic rings. The molecule has 138 valence electrons. The molecule has 0 aromatic rings. The minimum Gasteiger partial charge on any atom is -0.464 e. The zero-order valence-electron chi connectivity index (χ0n) is 14.8. The molecule has 0 spiro atoms. The highest BCUT2D eigenvalue weighted by Crippen LogP contribution is 1.93. The second-order valence-electron chi connectivity index (χ2n) is 4.98. The first kappa shape index (κ1) is 21.9. The third-order valence-electron chi connectivity index (χ3n) is 3.06. The third-order valence-corrected chi connectivity index (χ3v) is 3.06. The van der Waals surface area contributed by atoms with Crippen LogP contribution in [0, 0.1) is 0 Å². The van der Waals surface area contributed by atoms with Gasteiger partial charge in [-0.25, -0.2) is 9.59 Å². The van der Waals surface area contributed by atoms with E-state index >= 15 is 0 Å². The average molecular weight is 344 g/mol. The Kier molecular flexibility index (Phi) is 12.2. The Hall–Kier alpha value is -2.09. The molecule has 0 heterocycles. The lowest BCUT2D eigenvalue weighted by Gasteiger charge is -2.17. The van der Waals surface area contributed by atoms with Gasteiger partial charge in [-0.2, -0.15) is 0 Å². The number of amides is 1. The van der Waals surface area contributed by atoms with Crippen LogP contribution in [0.1, 0.15) is 27.2 Å². The van der Waals surface area contributed by atoms with E-state index in [9.17, 15) is 14.4 Å². The molecule has 0 fully saturated rings. The molecule has 0 saturated heterocycles. The molecule has 1 amide bonds. The van der Waals surface area contributed by atoms with Crippen molar-refractivity contribution in [3.63, 3.8) is 0 Å². The Bertz CT molecular complexity index is 421. The van der Waals surface area contributed by atoms with Crippen LogP contribution in [-0.4, -0.2) is 68.9 Å². The monoisotopic (exact) mass is 344 g/mol. The molecule has 0 unspecified atom stereocenters. The van der Waals surface area contributed by atoms with Crippen molar-refractivity contribution >= 4 is 18.0 Å². The average Bonchev–Trinajstić information content (AvgIpc) is 2.55. The number of ether oxygens (including phenoxy) is 3. The van der Waals surface area contributed by atoms with Crippen LogP contribution < -0.4 is 5.32 Å². The quantitative estimate of drug-likeness (QED) is 0.245. The number of nitrogens with one attached hydrogen (secondary N) is 1. The predicted molar refractivity (Wildman–Crippen MR) is 88.5 cm³/mol. The molecule has 0 radical (unpaired) electrons. The topological polar surface area (TPSA) is 94.2 Å². The number of carbonyl (C=O) groups is 3. The van der Waals surface area contributed by atoms with Crippen LogP contribution >= 0.6 is 0 Å². The first-order chi connectivity index (χ1) is 11.4. The summed E-state index contributed by atoms with van der Waals surface area (Å²) in [5, 5.41) is 2.40. The van der Waals surface area contributed by atoms with Crippen LogP contribution in [0.2, 0.25) is 0 Å². The van der Waals surface area contributed by atoms with E-state index in [0.717, 1.165) is 13.1 Å².